The van der Waals surface area contributed by atoms with Crippen molar-refractivity contribution in [1.82, 2.24) is 4.90 Å². The van der Waals surface area contributed by atoms with Crippen molar-refractivity contribution in [3.8, 4) is 0 Å². The quantitative estimate of drug-likeness (QED) is 0.817. The zero-order chi connectivity index (χ0) is 11.5. The number of anilines is 1. The molecule has 1 saturated carbocycles. The van der Waals surface area contributed by atoms with Crippen molar-refractivity contribution in [2.75, 3.05) is 19.3 Å². The molecule has 0 amide bonds. The van der Waals surface area contributed by atoms with Crippen molar-refractivity contribution in [1.29, 1.82) is 0 Å². The zero-order valence-electron chi connectivity index (χ0n) is 9.75. The average Bonchev–Trinajstić information content (AvgIpc) is 2.16. The molecule has 0 heterocycles. The van der Waals surface area contributed by atoms with Crippen LogP contribution in [0.25, 0.3) is 0 Å². The van der Waals surface area contributed by atoms with Gasteiger partial charge in [0.1, 0.15) is 0 Å². The van der Waals surface area contributed by atoms with E-state index in [1.807, 2.05) is 18.2 Å². The molecule has 0 unspecified atom stereocenters. The lowest BCUT2D eigenvalue weighted by molar-refractivity contribution is 0.200. The second kappa shape index (κ2) is 5.07. The Morgan fingerprint density at radius 3 is 2.75 bits per heavy atom. The lowest BCUT2D eigenvalue weighted by atomic mass is 9.85. The number of hydrogen-bond donors (Lipinski definition) is 1. The van der Waals surface area contributed by atoms with Gasteiger partial charge in [-0.2, -0.15) is 0 Å². The number of nitrogen functional groups attached to an aromatic ring is 1. The molecule has 0 atom stereocenters. The first-order valence-corrected chi connectivity index (χ1v) is 6.25. The molecule has 2 N–H and O–H groups in total. The maximum Gasteiger partial charge on any atom is 0.0426 e. The Kier molecular flexibility index (Phi) is 3.72. The maximum atomic E-state index is 5.94. The third-order valence-corrected chi connectivity index (χ3v) is 3.58. The molecule has 1 aliphatic carbocycles. The van der Waals surface area contributed by atoms with E-state index in [2.05, 4.69) is 11.9 Å². The van der Waals surface area contributed by atoms with Crippen molar-refractivity contribution in [3.63, 3.8) is 0 Å². The molecule has 0 saturated heterocycles. The van der Waals surface area contributed by atoms with Gasteiger partial charge in [0.25, 0.3) is 0 Å². The van der Waals surface area contributed by atoms with Crippen LogP contribution >= 0.6 is 11.6 Å². The predicted octanol–water partition coefficient (Wildman–Crippen LogP) is 3.15. The first kappa shape index (κ1) is 11.7. The normalized spacial score (nSPS) is 16.4. The second-order valence-corrected chi connectivity index (χ2v) is 5.27. The van der Waals surface area contributed by atoms with Gasteiger partial charge >= 0.3 is 0 Å². The third kappa shape index (κ3) is 2.89. The van der Waals surface area contributed by atoms with Crippen molar-refractivity contribution in [3.05, 3.63) is 28.8 Å². The van der Waals surface area contributed by atoms with Crippen LogP contribution in [-0.2, 0) is 6.54 Å². The summed E-state index contributed by atoms with van der Waals surface area (Å²) in [7, 11) is 2.16. The van der Waals surface area contributed by atoms with Gasteiger partial charge in [-0.15, -0.1) is 0 Å². The third-order valence-electron chi connectivity index (χ3n) is 3.34. The largest absolute Gasteiger partial charge is 0.398 e. The number of hydrogen-bond acceptors (Lipinski definition) is 2. The van der Waals surface area contributed by atoms with Gasteiger partial charge in [-0.25, -0.2) is 0 Å². The van der Waals surface area contributed by atoms with Crippen molar-refractivity contribution >= 4 is 17.3 Å². The monoisotopic (exact) mass is 238 g/mol. The standard InChI is InChI=1S/C13H19ClN2/c1-16(8-10-3-2-4-10)9-11-5-6-12(14)7-13(11)15/h5-7,10H,2-4,8-9,15H2,1H3. The SMILES string of the molecule is CN(Cc1ccc(Cl)cc1N)CC1CCC1. The molecule has 1 fully saturated rings. The molecule has 2 rings (SSSR count). The first-order chi connectivity index (χ1) is 7.65. The molecule has 1 aliphatic rings. The van der Waals surface area contributed by atoms with E-state index in [1.165, 1.54) is 31.4 Å². The molecular formula is C13H19ClN2. The van der Waals surface area contributed by atoms with Crippen LogP contribution in [0.2, 0.25) is 5.02 Å². The topological polar surface area (TPSA) is 29.3 Å². The summed E-state index contributed by atoms with van der Waals surface area (Å²) in [6.07, 6.45) is 4.18. The van der Waals surface area contributed by atoms with E-state index in [1.54, 1.807) is 0 Å². The number of benzene rings is 1. The maximum absolute atomic E-state index is 5.94. The summed E-state index contributed by atoms with van der Waals surface area (Å²) in [5, 5.41) is 0.711. The van der Waals surface area contributed by atoms with Crippen LogP contribution in [0, 0.1) is 5.92 Å². The first-order valence-electron chi connectivity index (χ1n) is 5.87. The minimum absolute atomic E-state index is 0.711. The van der Waals surface area contributed by atoms with Gasteiger partial charge in [0.15, 0.2) is 0 Å². The summed E-state index contributed by atoms with van der Waals surface area (Å²) in [6, 6.07) is 5.76. The highest BCUT2D eigenvalue weighted by molar-refractivity contribution is 6.30. The molecule has 0 aromatic heterocycles. The molecule has 0 aliphatic heterocycles. The fraction of sp³-hybridized carbons (Fsp3) is 0.538. The van der Waals surface area contributed by atoms with Gasteiger partial charge < -0.3 is 10.6 Å². The zero-order valence-corrected chi connectivity index (χ0v) is 10.5. The highest BCUT2D eigenvalue weighted by Crippen LogP contribution is 2.27. The number of nitrogens with two attached hydrogens (primary N) is 1. The van der Waals surface area contributed by atoms with Crippen LogP contribution in [0.4, 0.5) is 5.69 Å². The summed E-state index contributed by atoms with van der Waals surface area (Å²) >= 11 is 5.88. The Bertz CT molecular complexity index is 361. The number of halogens is 1. The van der Waals surface area contributed by atoms with Crippen molar-refractivity contribution in [2.45, 2.75) is 25.8 Å². The van der Waals surface area contributed by atoms with Gasteiger partial charge in [-0.3, -0.25) is 0 Å². The van der Waals surface area contributed by atoms with Crippen LogP contribution in [0.15, 0.2) is 18.2 Å². The molecule has 88 valence electrons. The Morgan fingerprint density at radius 1 is 1.44 bits per heavy atom. The fourth-order valence-corrected chi connectivity index (χ4v) is 2.36. The minimum atomic E-state index is 0.711. The Labute approximate surface area is 102 Å². The van der Waals surface area contributed by atoms with Crippen LogP contribution in [0.3, 0.4) is 0 Å². The van der Waals surface area contributed by atoms with Gasteiger partial charge in [0, 0.05) is 23.8 Å². The number of rotatable bonds is 4. The van der Waals surface area contributed by atoms with E-state index >= 15 is 0 Å². The molecule has 16 heavy (non-hydrogen) atoms. The van der Waals surface area contributed by atoms with Crippen LogP contribution in [0.1, 0.15) is 24.8 Å². The summed E-state index contributed by atoms with van der Waals surface area (Å²) in [5.74, 6) is 0.901. The van der Waals surface area contributed by atoms with E-state index < -0.39 is 0 Å². The summed E-state index contributed by atoms with van der Waals surface area (Å²) < 4.78 is 0. The molecule has 3 heteroatoms. The summed E-state index contributed by atoms with van der Waals surface area (Å²) in [6.45, 7) is 2.10. The molecule has 1 aromatic rings. The highest BCUT2D eigenvalue weighted by atomic mass is 35.5. The van der Waals surface area contributed by atoms with Crippen LogP contribution in [-0.4, -0.2) is 18.5 Å². The smallest absolute Gasteiger partial charge is 0.0426 e. The lowest BCUT2D eigenvalue weighted by Gasteiger charge is -2.30. The van der Waals surface area contributed by atoms with Crippen LogP contribution in [0.5, 0.6) is 0 Å². The molecule has 0 spiro atoms. The molecular weight excluding hydrogens is 220 g/mol. The second-order valence-electron chi connectivity index (χ2n) is 4.84. The molecule has 2 nitrogen and oxygen atoms in total. The number of nitrogens with zero attached hydrogens (tertiary/aromatic N) is 1. The van der Waals surface area contributed by atoms with E-state index in [0.29, 0.717) is 5.02 Å². The van der Waals surface area contributed by atoms with Gasteiger partial charge in [0.2, 0.25) is 0 Å². The van der Waals surface area contributed by atoms with E-state index in [0.717, 1.165) is 18.2 Å². The van der Waals surface area contributed by atoms with Gasteiger partial charge in [-0.05, 0) is 43.5 Å². The molecule has 0 bridgehead atoms. The van der Waals surface area contributed by atoms with Crippen molar-refractivity contribution < 1.29 is 0 Å². The molecule has 0 radical (unpaired) electrons. The predicted molar refractivity (Wildman–Crippen MR) is 69.5 cm³/mol. The Morgan fingerprint density at radius 2 is 2.19 bits per heavy atom. The fourth-order valence-electron chi connectivity index (χ4n) is 2.18. The average molecular weight is 239 g/mol. The van der Waals surface area contributed by atoms with E-state index in [9.17, 15) is 0 Å². The van der Waals surface area contributed by atoms with E-state index in [4.69, 9.17) is 17.3 Å². The lowest BCUT2D eigenvalue weighted by Crippen LogP contribution is -2.29. The minimum Gasteiger partial charge on any atom is -0.398 e. The summed E-state index contributed by atoms with van der Waals surface area (Å²) in [4.78, 5) is 2.35. The molecule has 1 aromatic carbocycles. The Balaban J connectivity index is 1.91. The van der Waals surface area contributed by atoms with Gasteiger partial charge in [-0.1, -0.05) is 24.1 Å². The highest BCUT2D eigenvalue weighted by Gasteiger charge is 2.19. The Hall–Kier alpha value is -0.730. The van der Waals surface area contributed by atoms with Crippen molar-refractivity contribution in [2.24, 2.45) is 5.92 Å². The van der Waals surface area contributed by atoms with Crippen LogP contribution < -0.4 is 5.73 Å². The van der Waals surface area contributed by atoms with Gasteiger partial charge in [0.05, 0.1) is 0 Å². The van der Waals surface area contributed by atoms with E-state index in [-0.39, 0.29) is 0 Å². The summed E-state index contributed by atoms with van der Waals surface area (Å²) in [5.41, 5.74) is 7.91.